The third-order valence-electron chi connectivity index (χ3n) is 3.00. The summed E-state index contributed by atoms with van der Waals surface area (Å²) in [6.07, 6.45) is 4.50. The molecule has 2 rings (SSSR count). The predicted octanol–water partition coefficient (Wildman–Crippen LogP) is 1.41. The topological polar surface area (TPSA) is 68.8 Å². The van der Waals surface area contributed by atoms with Gasteiger partial charge < -0.3 is 0 Å². The van der Waals surface area contributed by atoms with Crippen molar-refractivity contribution in [3.05, 3.63) is 47.5 Å². The van der Waals surface area contributed by atoms with Gasteiger partial charge in [0.05, 0.1) is 17.4 Å². The average molecular weight is 245 g/mol. The summed E-state index contributed by atoms with van der Waals surface area (Å²) in [5.74, 6) is 5.69. The van der Waals surface area contributed by atoms with Gasteiger partial charge in [-0.1, -0.05) is 13.0 Å². The molecule has 3 N–H and O–H groups in total. The number of nitrogens with zero attached hydrogens (tertiary/aromatic N) is 3. The minimum Gasteiger partial charge on any atom is -0.271 e. The molecule has 0 spiro atoms. The fourth-order valence-corrected chi connectivity index (χ4v) is 2.04. The van der Waals surface area contributed by atoms with Crippen LogP contribution in [0.25, 0.3) is 0 Å². The molecule has 5 nitrogen and oxygen atoms in total. The first-order valence-electron chi connectivity index (χ1n) is 6.22. The Balaban J connectivity index is 2.41. The van der Waals surface area contributed by atoms with Gasteiger partial charge in [0.1, 0.15) is 0 Å². The molecule has 18 heavy (non-hydrogen) atoms. The van der Waals surface area contributed by atoms with Crippen molar-refractivity contribution < 1.29 is 0 Å². The van der Waals surface area contributed by atoms with E-state index in [-0.39, 0.29) is 6.04 Å². The summed E-state index contributed by atoms with van der Waals surface area (Å²) in [4.78, 5) is 4.14. The highest BCUT2D eigenvalue weighted by Crippen LogP contribution is 2.21. The number of nitrogens with one attached hydrogen (secondary N) is 1. The fourth-order valence-electron chi connectivity index (χ4n) is 2.04. The molecule has 1 unspecified atom stereocenters. The smallest absolute Gasteiger partial charge is 0.0893 e. The van der Waals surface area contributed by atoms with Gasteiger partial charge in [-0.25, -0.2) is 5.43 Å². The maximum atomic E-state index is 5.69. The molecule has 0 aliphatic rings. The van der Waals surface area contributed by atoms with E-state index in [9.17, 15) is 0 Å². The number of nitrogens with two attached hydrogens (primary N) is 1. The molecule has 0 saturated carbocycles. The summed E-state index contributed by atoms with van der Waals surface area (Å²) in [7, 11) is 0. The number of hydrogen-bond donors (Lipinski definition) is 2. The Kier molecular flexibility index (Phi) is 4.07. The lowest BCUT2D eigenvalue weighted by Gasteiger charge is -2.17. The number of pyridine rings is 1. The van der Waals surface area contributed by atoms with E-state index in [1.165, 1.54) is 0 Å². The van der Waals surface area contributed by atoms with Crippen molar-refractivity contribution in [1.82, 2.24) is 20.2 Å². The minimum atomic E-state index is -0.0774. The van der Waals surface area contributed by atoms with E-state index in [0.717, 1.165) is 29.9 Å². The third kappa shape index (κ3) is 2.42. The second-order valence-electron chi connectivity index (χ2n) is 4.12. The van der Waals surface area contributed by atoms with Crippen LogP contribution in [0.1, 0.15) is 36.8 Å². The standard InChI is InChI=1S/C13H19N5/c1-3-11-8-12(18(4-2)17-11)13(16-14)10-6-5-7-15-9-10/h5-9,13,16H,3-4,14H2,1-2H3. The number of aryl methyl sites for hydroxylation is 2. The lowest BCUT2D eigenvalue weighted by molar-refractivity contribution is 0.540. The lowest BCUT2D eigenvalue weighted by Crippen LogP contribution is -2.30. The molecule has 96 valence electrons. The van der Waals surface area contributed by atoms with Gasteiger partial charge >= 0.3 is 0 Å². The van der Waals surface area contributed by atoms with Crippen LogP contribution in [0.2, 0.25) is 0 Å². The molecule has 0 bridgehead atoms. The van der Waals surface area contributed by atoms with Gasteiger partial charge in [0.25, 0.3) is 0 Å². The molecular weight excluding hydrogens is 226 g/mol. The Morgan fingerprint density at radius 2 is 2.28 bits per heavy atom. The van der Waals surface area contributed by atoms with E-state index in [1.54, 1.807) is 6.20 Å². The second-order valence-corrected chi connectivity index (χ2v) is 4.12. The Labute approximate surface area is 107 Å². The van der Waals surface area contributed by atoms with E-state index < -0.39 is 0 Å². The van der Waals surface area contributed by atoms with Crippen molar-refractivity contribution in [2.24, 2.45) is 5.84 Å². The molecule has 0 radical (unpaired) electrons. The van der Waals surface area contributed by atoms with Crippen molar-refractivity contribution in [1.29, 1.82) is 0 Å². The summed E-state index contributed by atoms with van der Waals surface area (Å²) in [5, 5.41) is 4.54. The molecule has 2 heterocycles. The highest BCUT2D eigenvalue weighted by Gasteiger charge is 2.18. The molecule has 2 aromatic heterocycles. The maximum absolute atomic E-state index is 5.69. The first-order valence-corrected chi connectivity index (χ1v) is 6.22. The van der Waals surface area contributed by atoms with E-state index in [4.69, 9.17) is 5.84 Å². The molecule has 0 aromatic carbocycles. The number of hydrazine groups is 1. The van der Waals surface area contributed by atoms with Gasteiger partial charge in [0, 0.05) is 18.9 Å². The van der Waals surface area contributed by atoms with Crippen LogP contribution in [-0.2, 0) is 13.0 Å². The average Bonchev–Trinajstić information content (AvgIpc) is 2.84. The molecule has 1 atom stereocenters. The maximum Gasteiger partial charge on any atom is 0.0893 e. The Hall–Kier alpha value is -1.72. The number of aromatic nitrogens is 3. The van der Waals surface area contributed by atoms with Crippen molar-refractivity contribution >= 4 is 0 Å². The van der Waals surface area contributed by atoms with Crippen LogP contribution in [0.4, 0.5) is 0 Å². The summed E-state index contributed by atoms with van der Waals surface area (Å²) in [6.45, 7) is 5.00. The molecule has 0 aliphatic heterocycles. The van der Waals surface area contributed by atoms with Crippen LogP contribution in [0, 0.1) is 0 Å². The van der Waals surface area contributed by atoms with E-state index in [0.29, 0.717) is 0 Å². The van der Waals surface area contributed by atoms with Gasteiger partial charge in [-0.3, -0.25) is 15.5 Å². The highest BCUT2D eigenvalue weighted by molar-refractivity contribution is 5.26. The molecule has 0 saturated heterocycles. The van der Waals surface area contributed by atoms with Crippen molar-refractivity contribution in [3.8, 4) is 0 Å². The normalized spacial score (nSPS) is 12.6. The van der Waals surface area contributed by atoms with Crippen molar-refractivity contribution in [2.75, 3.05) is 0 Å². The summed E-state index contributed by atoms with van der Waals surface area (Å²) < 4.78 is 1.98. The quantitative estimate of drug-likeness (QED) is 0.617. The van der Waals surface area contributed by atoms with Gasteiger partial charge in [-0.2, -0.15) is 5.10 Å². The Morgan fingerprint density at radius 1 is 1.44 bits per heavy atom. The number of rotatable bonds is 5. The molecule has 0 aliphatic carbocycles. The molecule has 2 aromatic rings. The minimum absolute atomic E-state index is 0.0774. The van der Waals surface area contributed by atoms with Gasteiger partial charge in [0.15, 0.2) is 0 Å². The highest BCUT2D eigenvalue weighted by atomic mass is 15.3. The fraction of sp³-hybridized carbons (Fsp3) is 0.385. The van der Waals surface area contributed by atoms with Crippen LogP contribution >= 0.6 is 0 Å². The zero-order valence-corrected chi connectivity index (χ0v) is 10.8. The Morgan fingerprint density at radius 3 is 2.83 bits per heavy atom. The van der Waals surface area contributed by atoms with Crippen LogP contribution in [0.3, 0.4) is 0 Å². The van der Waals surface area contributed by atoms with Gasteiger partial charge in [-0.05, 0) is 31.0 Å². The van der Waals surface area contributed by atoms with E-state index in [1.807, 2.05) is 23.0 Å². The summed E-state index contributed by atoms with van der Waals surface area (Å²) in [6, 6.07) is 5.94. The van der Waals surface area contributed by atoms with E-state index >= 15 is 0 Å². The van der Waals surface area contributed by atoms with Gasteiger partial charge in [0.2, 0.25) is 0 Å². The zero-order chi connectivity index (χ0) is 13.0. The molecular formula is C13H19N5. The lowest BCUT2D eigenvalue weighted by atomic mass is 10.1. The Bertz CT molecular complexity index is 491. The number of hydrogen-bond acceptors (Lipinski definition) is 4. The summed E-state index contributed by atoms with van der Waals surface area (Å²) >= 11 is 0. The first-order chi connectivity index (χ1) is 8.80. The molecule has 5 heteroatoms. The summed E-state index contributed by atoms with van der Waals surface area (Å²) in [5.41, 5.74) is 6.04. The molecule has 0 amide bonds. The zero-order valence-electron chi connectivity index (χ0n) is 10.8. The van der Waals surface area contributed by atoms with E-state index in [2.05, 4.69) is 35.4 Å². The van der Waals surface area contributed by atoms with Crippen LogP contribution in [0.15, 0.2) is 30.6 Å². The molecule has 0 fully saturated rings. The van der Waals surface area contributed by atoms with Crippen LogP contribution < -0.4 is 11.3 Å². The van der Waals surface area contributed by atoms with Crippen molar-refractivity contribution in [3.63, 3.8) is 0 Å². The third-order valence-corrected chi connectivity index (χ3v) is 3.00. The second kappa shape index (κ2) is 5.75. The van der Waals surface area contributed by atoms with Crippen molar-refractivity contribution in [2.45, 2.75) is 32.9 Å². The van der Waals surface area contributed by atoms with Gasteiger partial charge in [-0.15, -0.1) is 0 Å². The van der Waals surface area contributed by atoms with Crippen LogP contribution in [0.5, 0.6) is 0 Å². The van der Waals surface area contributed by atoms with Crippen LogP contribution in [-0.4, -0.2) is 14.8 Å². The SMILES string of the molecule is CCc1cc(C(NN)c2cccnc2)n(CC)n1. The predicted molar refractivity (Wildman–Crippen MR) is 70.7 cm³/mol. The largest absolute Gasteiger partial charge is 0.271 e. The monoisotopic (exact) mass is 245 g/mol. The first kappa shape index (κ1) is 12.7.